The molecule has 3 rings (SSSR count). The van der Waals surface area contributed by atoms with Crippen molar-refractivity contribution in [2.75, 3.05) is 15.4 Å². The minimum atomic E-state index is -5.07. The van der Waals surface area contributed by atoms with Crippen LogP contribution in [0.3, 0.4) is 0 Å². The molecule has 0 radical (unpaired) electrons. The number of hydrogen-bond acceptors (Lipinski definition) is 6. The van der Waals surface area contributed by atoms with E-state index in [-0.39, 0.29) is 27.8 Å². The second kappa shape index (κ2) is 9.47. The Hall–Kier alpha value is -4.00. The number of hydrogen-bond donors (Lipinski definition) is 3. The maximum atomic E-state index is 12.6. The molecule has 1 heterocycles. The van der Waals surface area contributed by atoms with Gasteiger partial charge in [0, 0.05) is 28.3 Å². The number of sulfonamides is 1. The average Bonchev–Trinajstić information content (AvgIpc) is 2.72. The van der Waals surface area contributed by atoms with Gasteiger partial charge in [0.05, 0.1) is 4.90 Å². The van der Waals surface area contributed by atoms with E-state index in [1.54, 1.807) is 25.2 Å². The molecule has 3 N–H and O–H groups in total. The summed E-state index contributed by atoms with van der Waals surface area (Å²) in [6, 6.07) is 11.8. The molecular weight excluding hydrogens is 475 g/mol. The molecule has 3 aromatic rings. The third kappa shape index (κ3) is 6.28. The molecule has 0 unspecified atom stereocenters. The Bertz CT molecular complexity index is 1320. The standard InChI is InChI=1S/C21H18F3N5O4S/c1-12-10-13(2)26-20(25-12)29-34(32,33)17-8-6-15(7-9-17)27-18(30)14-4-3-5-16(11-14)28-19(31)21(22,23)24/h3-11H,1-2H3,(H,27,30)(H,28,31)(H,25,26,29). The zero-order chi connectivity index (χ0) is 25.1. The lowest BCUT2D eigenvalue weighted by Gasteiger charge is -2.11. The van der Waals surface area contributed by atoms with Crippen molar-refractivity contribution < 1.29 is 31.2 Å². The lowest BCUT2D eigenvalue weighted by Crippen LogP contribution is -2.30. The van der Waals surface area contributed by atoms with Gasteiger partial charge < -0.3 is 10.6 Å². The number of amides is 2. The molecule has 13 heteroatoms. The molecule has 0 fully saturated rings. The van der Waals surface area contributed by atoms with Gasteiger partial charge >= 0.3 is 12.1 Å². The number of aryl methyl sites for hydroxylation is 2. The van der Waals surface area contributed by atoms with Crippen LogP contribution in [0.2, 0.25) is 0 Å². The maximum absolute atomic E-state index is 12.6. The zero-order valence-corrected chi connectivity index (χ0v) is 18.6. The molecule has 0 saturated carbocycles. The number of anilines is 3. The van der Waals surface area contributed by atoms with Crippen molar-refractivity contribution in [1.29, 1.82) is 0 Å². The minimum absolute atomic E-state index is 0.0229. The van der Waals surface area contributed by atoms with Gasteiger partial charge in [-0.3, -0.25) is 9.59 Å². The average molecular weight is 493 g/mol. The van der Waals surface area contributed by atoms with E-state index in [0.29, 0.717) is 11.4 Å². The van der Waals surface area contributed by atoms with E-state index >= 15 is 0 Å². The van der Waals surface area contributed by atoms with Crippen molar-refractivity contribution in [3.63, 3.8) is 0 Å². The van der Waals surface area contributed by atoms with Crippen molar-refractivity contribution in [2.45, 2.75) is 24.9 Å². The number of carbonyl (C=O) groups is 2. The van der Waals surface area contributed by atoms with Crippen LogP contribution in [0.4, 0.5) is 30.5 Å². The summed E-state index contributed by atoms with van der Waals surface area (Å²) in [6.07, 6.45) is -5.07. The minimum Gasteiger partial charge on any atom is -0.322 e. The summed E-state index contributed by atoms with van der Waals surface area (Å²) < 4.78 is 64.7. The maximum Gasteiger partial charge on any atom is 0.471 e. The molecule has 0 aliphatic rings. The molecule has 1 aromatic heterocycles. The fourth-order valence-electron chi connectivity index (χ4n) is 2.81. The fraction of sp³-hybridized carbons (Fsp3) is 0.143. The largest absolute Gasteiger partial charge is 0.471 e. The van der Waals surface area contributed by atoms with Crippen molar-refractivity contribution in [2.24, 2.45) is 0 Å². The van der Waals surface area contributed by atoms with E-state index in [9.17, 15) is 31.2 Å². The quantitative estimate of drug-likeness (QED) is 0.481. The SMILES string of the molecule is Cc1cc(C)nc(NS(=O)(=O)c2ccc(NC(=O)c3cccc(NC(=O)C(F)(F)F)c3)cc2)n1. The van der Waals surface area contributed by atoms with Gasteiger partial charge in [0.25, 0.3) is 15.9 Å². The molecule has 0 spiro atoms. The van der Waals surface area contributed by atoms with Crippen LogP contribution in [-0.4, -0.2) is 36.4 Å². The molecule has 0 saturated heterocycles. The monoisotopic (exact) mass is 493 g/mol. The Morgan fingerprint density at radius 1 is 0.853 bits per heavy atom. The van der Waals surface area contributed by atoms with Crippen LogP contribution in [0.15, 0.2) is 59.5 Å². The topological polar surface area (TPSA) is 130 Å². The van der Waals surface area contributed by atoms with Gasteiger partial charge in [0.15, 0.2) is 0 Å². The summed E-state index contributed by atoms with van der Waals surface area (Å²) in [5, 5.41) is 4.16. The first-order chi connectivity index (χ1) is 15.8. The van der Waals surface area contributed by atoms with Crippen LogP contribution in [0.1, 0.15) is 21.7 Å². The molecule has 9 nitrogen and oxygen atoms in total. The van der Waals surface area contributed by atoms with E-state index in [0.717, 1.165) is 6.07 Å². The third-order valence-electron chi connectivity index (χ3n) is 4.27. The Kier molecular flexibility index (Phi) is 6.86. The van der Waals surface area contributed by atoms with E-state index < -0.39 is 28.0 Å². The number of aromatic nitrogens is 2. The highest BCUT2D eigenvalue weighted by Gasteiger charge is 2.38. The highest BCUT2D eigenvalue weighted by molar-refractivity contribution is 7.92. The van der Waals surface area contributed by atoms with Crippen LogP contribution < -0.4 is 15.4 Å². The Labute approximate surface area is 192 Å². The molecule has 2 amide bonds. The van der Waals surface area contributed by atoms with Crippen molar-refractivity contribution in [3.8, 4) is 0 Å². The molecule has 0 aliphatic carbocycles. The second-order valence-electron chi connectivity index (χ2n) is 7.09. The number of rotatable bonds is 6. The number of carbonyl (C=O) groups excluding carboxylic acids is 2. The number of nitrogens with zero attached hydrogens (tertiary/aromatic N) is 2. The number of alkyl halides is 3. The molecule has 0 aliphatic heterocycles. The first-order valence-electron chi connectivity index (χ1n) is 9.58. The predicted molar refractivity (Wildman–Crippen MR) is 118 cm³/mol. The highest BCUT2D eigenvalue weighted by Crippen LogP contribution is 2.21. The molecule has 34 heavy (non-hydrogen) atoms. The van der Waals surface area contributed by atoms with E-state index in [1.807, 2.05) is 0 Å². The molecular formula is C21H18F3N5O4S. The molecule has 2 aromatic carbocycles. The lowest BCUT2D eigenvalue weighted by atomic mass is 10.2. The van der Waals surface area contributed by atoms with Crippen molar-refractivity contribution in [3.05, 3.63) is 71.5 Å². The van der Waals surface area contributed by atoms with Gasteiger partial charge in [-0.1, -0.05) is 6.07 Å². The van der Waals surface area contributed by atoms with Gasteiger partial charge in [-0.15, -0.1) is 0 Å². The first kappa shape index (κ1) is 24.6. The van der Waals surface area contributed by atoms with Gasteiger partial charge in [-0.2, -0.15) is 13.2 Å². The lowest BCUT2D eigenvalue weighted by molar-refractivity contribution is -0.167. The number of nitrogens with one attached hydrogen (secondary N) is 3. The zero-order valence-electron chi connectivity index (χ0n) is 17.8. The van der Waals surface area contributed by atoms with Gasteiger partial charge in [0.2, 0.25) is 5.95 Å². The van der Waals surface area contributed by atoms with Crippen LogP contribution in [0, 0.1) is 13.8 Å². The normalized spacial score (nSPS) is 11.6. The van der Waals surface area contributed by atoms with Crippen LogP contribution >= 0.6 is 0 Å². The first-order valence-corrected chi connectivity index (χ1v) is 11.1. The third-order valence-corrected chi connectivity index (χ3v) is 5.61. The summed E-state index contributed by atoms with van der Waals surface area (Å²) in [5.41, 5.74) is 1.17. The Morgan fingerprint density at radius 3 is 2.06 bits per heavy atom. The van der Waals surface area contributed by atoms with E-state index in [4.69, 9.17) is 0 Å². The Balaban J connectivity index is 1.70. The molecule has 178 valence electrons. The van der Waals surface area contributed by atoms with Crippen LogP contribution in [0.5, 0.6) is 0 Å². The predicted octanol–water partition coefficient (Wildman–Crippen LogP) is 3.65. The fourth-order valence-corrected chi connectivity index (χ4v) is 3.76. The summed E-state index contributed by atoms with van der Waals surface area (Å²) in [5.74, 6) is -2.92. The van der Waals surface area contributed by atoms with Crippen LogP contribution in [0.25, 0.3) is 0 Å². The molecule has 0 atom stereocenters. The van der Waals surface area contributed by atoms with Gasteiger partial charge in [-0.25, -0.2) is 23.1 Å². The summed E-state index contributed by atoms with van der Waals surface area (Å²) in [6.45, 7) is 3.40. The van der Waals surface area contributed by atoms with Crippen molar-refractivity contribution >= 4 is 39.2 Å². The Morgan fingerprint density at radius 2 is 1.47 bits per heavy atom. The smallest absolute Gasteiger partial charge is 0.322 e. The number of benzene rings is 2. The van der Waals surface area contributed by atoms with Crippen LogP contribution in [-0.2, 0) is 14.8 Å². The summed E-state index contributed by atoms with van der Waals surface area (Å²) >= 11 is 0. The van der Waals surface area contributed by atoms with E-state index in [2.05, 4.69) is 20.0 Å². The second-order valence-corrected chi connectivity index (χ2v) is 8.77. The van der Waals surface area contributed by atoms with Crippen molar-refractivity contribution in [1.82, 2.24) is 9.97 Å². The van der Waals surface area contributed by atoms with E-state index in [1.165, 1.54) is 42.5 Å². The summed E-state index contributed by atoms with van der Waals surface area (Å²) in [7, 11) is -3.99. The van der Waals surface area contributed by atoms with Gasteiger partial charge in [-0.05, 0) is 62.4 Å². The number of halogens is 3. The summed E-state index contributed by atoms with van der Waals surface area (Å²) in [4.78, 5) is 31.5. The molecule has 0 bridgehead atoms. The van der Waals surface area contributed by atoms with Gasteiger partial charge in [0.1, 0.15) is 0 Å². The highest BCUT2D eigenvalue weighted by atomic mass is 32.2.